The van der Waals surface area contributed by atoms with E-state index in [1.165, 1.54) is 0 Å². The van der Waals surface area contributed by atoms with Crippen molar-refractivity contribution in [3.63, 3.8) is 0 Å². The van der Waals surface area contributed by atoms with Crippen LogP contribution in [0.3, 0.4) is 0 Å². The number of benzene rings is 1. The number of H-pyrrole nitrogens is 1. The number of nitrogens with zero attached hydrogens (tertiary/aromatic N) is 2. The fourth-order valence-corrected chi connectivity index (χ4v) is 1.98. The summed E-state index contributed by atoms with van der Waals surface area (Å²) < 4.78 is 0. The molecule has 2 aromatic rings. The van der Waals surface area contributed by atoms with Crippen molar-refractivity contribution in [2.75, 3.05) is 5.32 Å². The summed E-state index contributed by atoms with van der Waals surface area (Å²) in [5.74, 6) is 1.31. The van der Waals surface area contributed by atoms with Gasteiger partial charge >= 0.3 is 0 Å². The number of nitrogens with one attached hydrogen (secondary N) is 2. The number of unbranched alkanes of at least 4 members (excludes halogenated alkanes) is 2. The van der Waals surface area contributed by atoms with Crippen LogP contribution in [0.1, 0.15) is 38.4 Å². The Kier molecular flexibility index (Phi) is 7.56. The molecule has 0 fully saturated rings. The van der Waals surface area contributed by atoms with Crippen LogP contribution in [0.4, 0.5) is 5.69 Å². The molecule has 120 valence electrons. The van der Waals surface area contributed by atoms with Gasteiger partial charge in [0.15, 0.2) is 5.82 Å². The Labute approximate surface area is 136 Å². The molecule has 1 heterocycles. The van der Waals surface area contributed by atoms with Crippen molar-refractivity contribution in [2.45, 2.75) is 39.2 Å². The fourth-order valence-electron chi connectivity index (χ4n) is 1.98. The molecule has 0 saturated heterocycles. The van der Waals surface area contributed by atoms with Gasteiger partial charge in [0, 0.05) is 17.7 Å². The number of carbonyl (C=O) groups excluding carboxylic acids is 1. The highest BCUT2D eigenvalue weighted by atomic mass is 35.5. The van der Waals surface area contributed by atoms with Crippen molar-refractivity contribution < 1.29 is 4.79 Å². The number of aromatic nitrogens is 3. The van der Waals surface area contributed by atoms with Crippen LogP contribution in [0.5, 0.6) is 0 Å². The van der Waals surface area contributed by atoms with E-state index in [9.17, 15) is 4.79 Å². The molecular formula is C15H22ClN5O. The summed E-state index contributed by atoms with van der Waals surface area (Å²) in [4.78, 5) is 16.0. The SMILES string of the molecule is CCCCCC(=O)Nc1ccc(-c2n[nH]c(CN)n2)cc1.Cl. The minimum Gasteiger partial charge on any atom is -0.326 e. The molecule has 0 aliphatic carbocycles. The average molecular weight is 324 g/mol. The number of anilines is 1. The number of nitrogens with two attached hydrogens (primary N) is 1. The van der Waals surface area contributed by atoms with E-state index < -0.39 is 0 Å². The maximum Gasteiger partial charge on any atom is 0.224 e. The van der Waals surface area contributed by atoms with Crippen molar-refractivity contribution in [3.05, 3.63) is 30.1 Å². The van der Waals surface area contributed by atoms with Gasteiger partial charge in [-0.3, -0.25) is 9.89 Å². The predicted molar refractivity (Wildman–Crippen MR) is 89.7 cm³/mol. The Balaban J connectivity index is 0.00000242. The quantitative estimate of drug-likeness (QED) is 0.682. The van der Waals surface area contributed by atoms with E-state index in [1.807, 2.05) is 24.3 Å². The second-order valence-corrected chi connectivity index (χ2v) is 4.89. The highest BCUT2D eigenvalue weighted by Crippen LogP contribution is 2.18. The lowest BCUT2D eigenvalue weighted by Gasteiger charge is -2.05. The van der Waals surface area contributed by atoms with Gasteiger partial charge in [-0.05, 0) is 30.7 Å². The van der Waals surface area contributed by atoms with Crippen molar-refractivity contribution in [1.82, 2.24) is 15.2 Å². The molecule has 0 aliphatic heterocycles. The molecule has 1 aromatic carbocycles. The Morgan fingerprint density at radius 2 is 2.00 bits per heavy atom. The van der Waals surface area contributed by atoms with Crippen LogP contribution in [0.2, 0.25) is 0 Å². The monoisotopic (exact) mass is 323 g/mol. The number of aromatic amines is 1. The van der Waals surface area contributed by atoms with Crippen LogP contribution in [-0.4, -0.2) is 21.1 Å². The summed E-state index contributed by atoms with van der Waals surface area (Å²) in [6.07, 6.45) is 3.69. The lowest BCUT2D eigenvalue weighted by atomic mass is 10.1. The molecule has 1 amide bonds. The number of carbonyl (C=O) groups is 1. The average Bonchev–Trinajstić information content (AvgIpc) is 2.97. The summed E-state index contributed by atoms with van der Waals surface area (Å²) in [6.45, 7) is 2.45. The number of hydrogen-bond donors (Lipinski definition) is 3. The zero-order valence-electron chi connectivity index (χ0n) is 12.6. The fraction of sp³-hybridized carbons (Fsp3) is 0.400. The lowest BCUT2D eigenvalue weighted by molar-refractivity contribution is -0.116. The zero-order valence-corrected chi connectivity index (χ0v) is 13.4. The third-order valence-electron chi connectivity index (χ3n) is 3.16. The Bertz CT molecular complexity index is 582. The van der Waals surface area contributed by atoms with Gasteiger partial charge in [-0.15, -0.1) is 12.4 Å². The molecule has 0 radical (unpaired) electrons. The second-order valence-electron chi connectivity index (χ2n) is 4.89. The number of halogens is 1. The lowest BCUT2D eigenvalue weighted by Crippen LogP contribution is -2.10. The van der Waals surface area contributed by atoms with Gasteiger partial charge in [0.05, 0.1) is 6.54 Å². The smallest absolute Gasteiger partial charge is 0.224 e. The van der Waals surface area contributed by atoms with Gasteiger partial charge in [0.25, 0.3) is 0 Å². The van der Waals surface area contributed by atoms with Gasteiger partial charge in [-0.2, -0.15) is 5.10 Å². The van der Waals surface area contributed by atoms with Crippen LogP contribution in [0.15, 0.2) is 24.3 Å². The molecule has 0 unspecified atom stereocenters. The predicted octanol–water partition coefficient (Wildman–Crippen LogP) is 2.87. The van der Waals surface area contributed by atoms with Crippen LogP contribution in [0.25, 0.3) is 11.4 Å². The van der Waals surface area contributed by atoms with E-state index in [0.29, 0.717) is 24.6 Å². The van der Waals surface area contributed by atoms with Crippen LogP contribution in [-0.2, 0) is 11.3 Å². The summed E-state index contributed by atoms with van der Waals surface area (Å²) in [5, 5.41) is 9.76. The van der Waals surface area contributed by atoms with E-state index in [-0.39, 0.29) is 18.3 Å². The summed E-state index contributed by atoms with van der Waals surface area (Å²) >= 11 is 0. The van der Waals surface area contributed by atoms with Gasteiger partial charge in [-0.1, -0.05) is 19.8 Å². The summed E-state index contributed by atoms with van der Waals surface area (Å²) in [6, 6.07) is 7.47. The molecule has 2 rings (SSSR count). The minimum absolute atomic E-state index is 0. The number of hydrogen-bond acceptors (Lipinski definition) is 4. The Morgan fingerprint density at radius 3 is 2.59 bits per heavy atom. The van der Waals surface area contributed by atoms with E-state index in [2.05, 4.69) is 27.4 Å². The first-order chi connectivity index (χ1) is 10.2. The molecule has 0 bridgehead atoms. The molecule has 0 aliphatic rings. The van der Waals surface area contributed by atoms with Crippen molar-refractivity contribution in [3.8, 4) is 11.4 Å². The highest BCUT2D eigenvalue weighted by molar-refractivity contribution is 5.90. The Hall–Kier alpha value is -1.92. The zero-order chi connectivity index (χ0) is 15.1. The summed E-state index contributed by atoms with van der Waals surface area (Å²) in [5.41, 5.74) is 7.16. The Morgan fingerprint density at radius 1 is 1.27 bits per heavy atom. The van der Waals surface area contributed by atoms with Gasteiger partial charge in [0.2, 0.25) is 5.91 Å². The molecule has 0 atom stereocenters. The number of amides is 1. The van der Waals surface area contributed by atoms with Gasteiger partial charge in [0.1, 0.15) is 5.82 Å². The van der Waals surface area contributed by atoms with Crippen LogP contribution in [0, 0.1) is 0 Å². The minimum atomic E-state index is 0. The highest BCUT2D eigenvalue weighted by Gasteiger charge is 2.06. The maximum atomic E-state index is 11.7. The topological polar surface area (TPSA) is 96.7 Å². The largest absolute Gasteiger partial charge is 0.326 e. The van der Waals surface area contributed by atoms with Gasteiger partial charge in [-0.25, -0.2) is 4.98 Å². The van der Waals surface area contributed by atoms with E-state index in [0.717, 1.165) is 30.5 Å². The molecular weight excluding hydrogens is 302 g/mol. The molecule has 1 aromatic heterocycles. The van der Waals surface area contributed by atoms with Crippen molar-refractivity contribution in [2.24, 2.45) is 5.73 Å². The second kappa shape index (κ2) is 9.17. The first kappa shape index (κ1) is 18.1. The summed E-state index contributed by atoms with van der Waals surface area (Å²) in [7, 11) is 0. The molecule has 4 N–H and O–H groups in total. The first-order valence-electron chi connectivity index (χ1n) is 7.24. The number of rotatable bonds is 7. The first-order valence-corrected chi connectivity index (χ1v) is 7.24. The van der Waals surface area contributed by atoms with Gasteiger partial charge < -0.3 is 11.1 Å². The molecule has 0 saturated carbocycles. The molecule has 6 nitrogen and oxygen atoms in total. The molecule has 22 heavy (non-hydrogen) atoms. The third kappa shape index (κ3) is 5.13. The third-order valence-corrected chi connectivity index (χ3v) is 3.16. The van der Waals surface area contributed by atoms with E-state index in [4.69, 9.17) is 5.73 Å². The standard InChI is InChI=1S/C15H21N5O.ClH/c1-2-3-4-5-14(21)17-12-8-6-11(7-9-12)15-18-13(10-16)19-20-15;/h6-9H,2-5,10,16H2,1H3,(H,17,21)(H,18,19,20);1H. The molecule has 7 heteroatoms. The van der Waals surface area contributed by atoms with Crippen molar-refractivity contribution in [1.29, 1.82) is 0 Å². The van der Waals surface area contributed by atoms with E-state index >= 15 is 0 Å². The van der Waals surface area contributed by atoms with Crippen molar-refractivity contribution >= 4 is 24.0 Å². The van der Waals surface area contributed by atoms with Crippen LogP contribution < -0.4 is 11.1 Å². The maximum absolute atomic E-state index is 11.7. The van der Waals surface area contributed by atoms with E-state index in [1.54, 1.807) is 0 Å². The molecule has 0 spiro atoms. The van der Waals surface area contributed by atoms with Crippen LogP contribution >= 0.6 is 12.4 Å². The normalized spacial score (nSPS) is 10.1.